The van der Waals surface area contributed by atoms with Crippen LogP contribution in [0.4, 0.5) is 5.69 Å². The molecule has 0 radical (unpaired) electrons. The van der Waals surface area contributed by atoms with Crippen molar-refractivity contribution in [3.05, 3.63) is 59.7 Å². The van der Waals surface area contributed by atoms with Crippen molar-refractivity contribution in [2.45, 2.75) is 29.7 Å². The van der Waals surface area contributed by atoms with Gasteiger partial charge in [-0.2, -0.15) is 4.31 Å². The maximum Gasteiger partial charge on any atom is 0.243 e. The van der Waals surface area contributed by atoms with Gasteiger partial charge in [-0.15, -0.1) is 0 Å². The zero-order valence-electron chi connectivity index (χ0n) is 15.3. The van der Waals surface area contributed by atoms with Gasteiger partial charge in [-0.25, -0.2) is 8.42 Å². The van der Waals surface area contributed by atoms with Crippen LogP contribution in [-0.2, 0) is 10.0 Å². The third-order valence-electron chi connectivity index (χ3n) is 6.25. The van der Waals surface area contributed by atoms with Gasteiger partial charge in [0.1, 0.15) is 0 Å². The number of hydrogen-bond acceptors (Lipinski definition) is 4. The number of fused-ring (bicyclic) bond motifs is 5. The van der Waals surface area contributed by atoms with Crippen molar-refractivity contribution < 1.29 is 8.42 Å². The summed E-state index contributed by atoms with van der Waals surface area (Å²) in [4.78, 5) is 2.80. The number of piperidine rings is 1. The second-order valence-electron chi connectivity index (χ2n) is 7.72. The molecule has 0 amide bonds. The van der Waals surface area contributed by atoms with E-state index in [9.17, 15) is 8.42 Å². The minimum Gasteiger partial charge on any atom is -0.369 e. The summed E-state index contributed by atoms with van der Waals surface area (Å²) in [5.74, 6) is 0.490. The van der Waals surface area contributed by atoms with Crippen molar-refractivity contribution in [2.24, 2.45) is 0 Å². The molecule has 1 N–H and O–H groups in total. The Kier molecular flexibility index (Phi) is 4.22. The van der Waals surface area contributed by atoms with Gasteiger partial charge in [0.15, 0.2) is 0 Å². The van der Waals surface area contributed by atoms with E-state index in [0.29, 0.717) is 17.4 Å². The largest absolute Gasteiger partial charge is 0.369 e. The van der Waals surface area contributed by atoms with E-state index in [1.54, 1.807) is 28.6 Å². The molecule has 1 aliphatic carbocycles. The zero-order chi connectivity index (χ0) is 18.4. The summed E-state index contributed by atoms with van der Waals surface area (Å²) in [6.45, 7) is 4.59. The van der Waals surface area contributed by atoms with E-state index in [1.165, 1.54) is 16.8 Å². The fraction of sp³-hybridized carbons (Fsp3) is 0.429. The highest BCUT2D eigenvalue weighted by Crippen LogP contribution is 2.51. The molecule has 142 valence electrons. The number of benzene rings is 2. The fourth-order valence-corrected chi connectivity index (χ4v) is 6.52. The normalized spacial score (nSPS) is 25.4. The van der Waals surface area contributed by atoms with Crippen molar-refractivity contribution in [3.8, 4) is 0 Å². The Balaban J connectivity index is 1.51. The van der Waals surface area contributed by atoms with Gasteiger partial charge in [-0.05, 0) is 54.2 Å². The Labute approximate surface area is 161 Å². The number of hydrogen-bond donors (Lipinski definition) is 1. The van der Waals surface area contributed by atoms with E-state index in [-0.39, 0.29) is 6.04 Å². The van der Waals surface area contributed by atoms with Crippen molar-refractivity contribution in [3.63, 3.8) is 0 Å². The third kappa shape index (κ3) is 2.87. The van der Waals surface area contributed by atoms with Gasteiger partial charge in [-0.3, -0.25) is 0 Å². The molecule has 2 aliphatic heterocycles. The van der Waals surface area contributed by atoms with Gasteiger partial charge >= 0.3 is 0 Å². The maximum absolute atomic E-state index is 13.3. The Morgan fingerprint density at radius 2 is 1.70 bits per heavy atom. The van der Waals surface area contributed by atoms with Crippen LogP contribution in [0.15, 0.2) is 53.4 Å². The van der Waals surface area contributed by atoms with Gasteiger partial charge in [0.2, 0.25) is 10.0 Å². The zero-order valence-corrected chi connectivity index (χ0v) is 16.2. The topological polar surface area (TPSA) is 52.7 Å². The van der Waals surface area contributed by atoms with Crippen molar-refractivity contribution in [1.29, 1.82) is 0 Å². The molecular weight excluding hydrogens is 358 g/mol. The maximum atomic E-state index is 13.3. The van der Waals surface area contributed by atoms with Crippen LogP contribution < -0.4 is 10.2 Å². The smallest absolute Gasteiger partial charge is 0.243 e. The van der Waals surface area contributed by atoms with Crippen LogP contribution in [0.2, 0.25) is 0 Å². The van der Waals surface area contributed by atoms with Crippen LogP contribution in [0.3, 0.4) is 0 Å². The third-order valence-corrected chi connectivity index (χ3v) is 8.18. The molecule has 2 fully saturated rings. The Hall–Kier alpha value is -1.89. The van der Waals surface area contributed by atoms with Crippen molar-refractivity contribution >= 4 is 15.7 Å². The Bertz CT molecular complexity index is 939. The van der Waals surface area contributed by atoms with Gasteiger partial charge < -0.3 is 10.2 Å². The molecule has 0 spiro atoms. The summed E-state index contributed by atoms with van der Waals surface area (Å²) in [5, 5.41) is 3.39. The standard InChI is InChI=1S/C21H25N3O2S/c25-27(26,18-4-2-1-3-5-18)24-11-8-16-14-21(24)20-15-17(6-7-19(16)20)23-12-9-22-10-13-23/h1-7,15-16,21-22H,8-14H2. The highest BCUT2D eigenvalue weighted by atomic mass is 32.2. The summed E-state index contributed by atoms with van der Waals surface area (Å²) in [6.07, 6.45) is 1.81. The van der Waals surface area contributed by atoms with Crippen LogP contribution in [0.25, 0.3) is 0 Å². The lowest BCUT2D eigenvalue weighted by Crippen LogP contribution is -2.43. The lowest BCUT2D eigenvalue weighted by molar-refractivity contribution is 0.259. The molecule has 5 nitrogen and oxygen atoms in total. The summed E-state index contributed by atoms with van der Waals surface area (Å²) >= 11 is 0. The van der Waals surface area contributed by atoms with E-state index < -0.39 is 10.0 Å². The number of nitrogens with zero attached hydrogens (tertiary/aromatic N) is 2. The predicted molar refractivity (Wildman–Crippen MR) is 107 cm³/mol. The van der Waals surface area contributed by atoms with E-state index in [2.05, 4.69) is 28.4 Å². The lowest BCUT2D eigenvalue weighted by Gasteiger charge is -2.33. The van der Waals surface area contributed by atoms with E-state index in [1.807, 2.05) is 6.07 Å². The summed E-state index contributed by atoms with van der Waals surface area (Å²) in [6, 6.07) is 15.5. The minimum absolute atomic E-state index is 0.0354. The number of piperazine rings is 1. The Morgan fingerprint density at radius 1 is 0.926 bits per heavy atom. The SMILES string of the molecule is O=S(=O)(c1ccccc1)N1CCC2CC1c1cc(N3CCNCC3)ccc12. The van der Waals surface area contributed by atoms with Gasteiger partial charge in [0, 0.05) is 38.4 Å². The van der Waals surface area contributed by atoms with Crippen LogP contribution in [0.1, 0.15) is 35.9 Å². The van der Waals surface area contributed by atoms with Crippen LogP contribution in [0.5, 0.6) is 0 Å². The summed E-state index contributed by atoms with van der Waals surface area (Å²) in [7, 11) is -3.47. The molecule has 2 unspecified atom stereocenters. The molecule has 2 aromatic carbocycles. The van der Waals surface area contributed by atoms with Crippen molar-refractivity contribution in [2.75, 3.05) is 37.6 Å². The highest BCUT2D eigenvalue weighted by Gasteiger charge is 2.44. The molecule has 0 aromatic heterocycles. The first-order valence-electron chi connectivity index (χ1n) is 9.81. The number of rotatable bonds is 3. The molecule has 2 aromatic rings. The molecule has 2 saturated heterocycles. The van der Waals surface area contributed by atoms with E-state index in [0.717, 1.165) is 39.0 Å². The molecule has 3 aliphatic rings. The van der Waals surface area contributed by atoms with Gasteiger partial charge in [-0.1, -0.05) is 24.3 Å². The average Bonchev–Trinajstić information content (AvgIpc) is 3.00. The summed E-state index contributed by atoms with van der Waals surface area (Å²) < 4.78 is 28.3. The van der Waals surface area contributed by atoms with E-state index >= 15 is 0 Å². The average molecular weight is 384 g/mol. The monoisotopic (exact) mass is 383 g/mol. The van der Waals surface area contributed by atoms with E-state index in [4.69, 9.17) is 0 Å². The first-order valence-corrected chi connectivity index (χ1v) is 11.2. The molecule has 2 bridgehead atoms. The van der Waals surface area contributed by atoms with Crippen molar-refractivity contribution in [1.82, 2.24) is 9.62 Å². The second-order valence-corrected chi connectivity index (χ2v) is 9.61. The van der Waals surface area contributed by atoms with Gasteiger partial charge in [0.05, 0.1) is 10.9 Å². The molecular formula is C21H25N3O2S. The summed E-state index contributed by atoms with van der Waals surface area (Å²) in [5.41, 5.74) is 3.79. The minimum atomic E-state index is -3.47. The van der Waals surface area contributed by atoms with Crippen LogP contribution >= 0.6 is 0 Å². The molecule has 5 rings (SSSR count). The predicted octanol–water partition coefficient (Wildman–Crippen LogP) is 2.72. The van der Waals surface area contributed by atoms with Crippen LogP contribution in [0, 0.1) is 0 Å². The molecule has 2 atom stereocenters. The fourth-order valence-electron chi connectivity index (χ4n) is 4.87. The number of sulfonamides is 1. The first kappa shape index (κ1) is 17.2. The molecule has 27 heavy (non-hydrogen) atoms. The first-order chi connectivity index (χ1) is 13.1. The molecule has 6 heteroatoms. The van der Waals surface area contributed by atoms with Gasteiger partial charge in [0.25, 0.3) is 0 Å². The molecule has 0 saturated carbocycles. The quantitative estimate of drug-likeness (QED) is 0.886. The molecule has 2 heterocycles. The number of anilines is 1. The highest BCUT2D eigenvalue weighted by molar-refractivity contribution is 7.89. The lowest BCUT2D eigenvalue weighted by atomic mass is 9.96. The van der Waals surface area contributed by atoms with Crippen LogP contribution in [-0.4, -0.2) is 45.4 Å². The number of nitrogens with one attached hydrogen (secondary N) is 1. The Morgan fingerprint density at radius 3 is 2.48 bits per heavy atom. The second kappa shape index (κ2) is 6.62.